The number of benzene rings is 1. The van der Waals surface area contributed by atoms with Crippen molar-refractivity contribution >= 4 is 10.0 Å². The summed E-state index contributed by atoms with van der Waals surface area (Å²) in [7, 11) is -1.81. The van der Waals surface area contributed by atoms with Crippen LogP contribution >= 0.6 is 0 Å². The minimum Gasteiger partial charge on any atom is -0.396 e. The van der Waals surface area contributed by atoms with Gasteiger partial charge in [0.05, 0.1) is 4.90 Å². The lowest BCUT2D eigenvalue weighted by Crippen LogP contribution is -2.34. The molecular weight excluding hydrogens is 274 g/mol. The van der Waals surface area contributed by atoms with Crippen LogP contribution in [0.3, 0.4) is 0 Å². The maximum atomic E-state index is 12.4. The van der Waals surface area contributed by atoms with Crippen molar-refractivity contribution < 1.29 is 13.5 Å². The minimum absolute atomic E-state index is 0.0805. The van der Waals surface area contributed by atoms with Gasteiger partial charge in [0.25, 0.3) is 0 Å². The Balaban J connectivity index is 2.87. The Kier molecular flexibility index (Phi) is 5.74. The van der Waals surface area contributed by atoms with Crippen molar-refractivity contribution in [3.05, 3.63) is 29.8 Å². The molecule has 20 heavy (non-hydrogen) atoms. The van der Waals surface area contributed by atoms with E-state index in [1.54, 1.807) is 19.2 Å². The third-order valence-electron chi connectivity index (χ3n) is 2.95. The van der Waals surface area contributed by atoms with Crippen LogP contribution < -0.4 is 0 Å². The van der Waals surface area contributed by atoms with Crippen LogP contribution in [0.25, 0.3) is 0 Å². The van der Waals surface area contributed by atoms with Gasteiger partial charge >= 0.3 is 0 Å². The molecular formula is C15H25NO3S. The summed E-state index contributed by atoms with van der Waals surface area (Å²) >= 11 is 0. The Morgan fingerprint density at radius 1 is 1.15 bits per heavy atom. The second kappa shape index (κ2) is 6.70. The highest BCUT2D eigenvalue weighted by molar-refractivity contribution is 7.89. The first-order valence-corrected chi connectivity index (χ1v) is 8.27. The fourth-order valence-corrected chi connectivity index (χ4v) is 3.44. The number of nitrogens with zero attached hydrogens (tertiary/aromatic N) is 1. The topological polar surface area (TPSA) is 57.6 Å². The van der Waals surface area contributed by atoms with Crippen LogP contribution in [0.2, 0.25) is 0 Å². The molecule has 1 aromatic rings. The molecule has 0 saturated heterocycles. The van der Waals surface area contributed by atoms with Gasteiger partial charge < -0.3 is 5.11 Å². The lowest BCUT2D eigenvalue weighted by molar-refractivity contribution is 0.288. The van der Waals surface area contributed by atoms with Gasteiger partial charge in [0.15, 0.2) is 0 Å². The predicted molar refractivity (Wildman–Crippen MR) is 81.1 cm³/mol. The lowest BCUT2D eigenvalue weighted by atomic mass is 9.97. The van der Waals surface area contributed by atoms with Gasteiger partial charge in [-0.05, 0) is 36.0 Å². The van der Waals surface area contributed by atoms with Gasteiger partial charge in [-0.1, -0.05) is 32.9 Å². The van der Waals surface area contributed by atoms with Crippen molar-refractivity contribution in [2.75, 3.05) is 20.2 Å². The Morgan fingerprint density at radius 3 is 2.15 bits per heavy atom. The predicted octanol–water partition coefficient (Wildman–Crippen LogP) is 2.28. The van der Waals surface area contributed by atoms with Gasteiger partial charge in [0, 0.05) is 20.2 Å². The number of aryl methyl sites for hydroxylation is 1. The van der Waals surface area contributed by atoms with Crippen LogP contribution in [0.1, 0.15) is 32.8 Å². The van der Waals surface area contributed by atoms with E-state index in [0.717, 1.165) is 12.0 Å². The van der Waals surface area contributed by atoms with E-state index < -0.39 is 10.0 Å². The number of aliphatic hydroxyl groups is 1. The maximum Gasteiger partial charge on any atom is 0.242 e. The second-order valence-corrected chi connectivity index (χ2v) is 8.34. The zero-order valence-electron chi connectivity index (χ0n) is 12.8. The smallest absolute Gasteiger partial charge is 0.242 e. The third kappa shape index (κ3) is 4.89. The first-order chi connectivity index (χ1) is 9.16. The van der Waals surface area contributed by atoms with E-state index in [2.05, 4.69) is 0 Å². The van der Waals surface area contributed by atoms with E-state index >= 15 is 0 Å². The summed E-state index contributed by atoms with van der Waals surface area (Å²) in [5.74, 6) is 0. The molecule has 0 fully saturated rings. The highest BCUT2D eigenvalue weighted by Crippen LogP contribution is 2.21. The summed E-state index contributed by atoms with van der Waals surface area (Å²) in [6.45, 7) is 6.65. The molecule has 0 unspecified atom stereocenters. The van der Waals surface area contributed by atoms with E-state index in [1.165, 1.54) is 4.31 Å². The molecule has 5 heteroatoms. The van der Waals surface area contributed by atoms with Gasteiger partial charge in [0.1, 0.15) is 0 Å². The highest BCUT2D eigenvalue weighted by Gasteiger charge is 2.25. The molecule has 0 aromatic heterocycles. The van der Waals surface area contributed by atoms with Crippen LogP contribution in [0, 0.1) is 5.41 Å². The maximum absolute atomic E-state index is 12.4. The van der Waals surface area contributed by atoms with E-state index in [9.17, 15) is 8.42 Å². The van der Waals surface area contributed by atoms with Gasteiger partial charge in [-0.25, -0.2) is 12.7 Å². The molecule has 0 atom stereocenters. The van der Waals surface area contributed by atoms with E-state index in [-0.39, 0.29) is 12.0 Å². The SMILES string of the molecule is CN(CC(C)(C)C)S(=O)(=O)c1ccc(CCCO)cc1. The van der Waals surface area contributed by atoms with E-state index in [1.807, 2.05) is 32.9 Å². The van der Waals surface area contributed by atoms with Crippen LogP contribution in [0.4, 0.5) is 0 Å². The number of hydrogen-bond acceptors (Lipinski definition) is 3. The molecule has 0 amide bonds. The highest BCUT2D eigenvalue weighted by atomic mass is 32.2. The largest absolute Gasteiger partial charge is 0.396 e. The number of rotatable bonds is 6. The third-order valence-corrected chi connectivity index (χ3v) is 4.77. The van der Waals surface area contributed by atoms with Gasteiger partial charge in [-0.3, -0.25) is 0 Å². The standard InChI is InChI=1S/C15H25NO3S/c1-15(2,3)12-16(4)20(18,19)14-9-7-13(8-10-14)6-5-11-17/h7-10,17H,5-6,11-12H2,1-4H3. The summed E-state index contributed by atoms with van der Waals surface area (Å²) in [6, 6.07) is 6.91. The van der Waals surface area contributed by atoms with Crippen molar-refractivity contribution in [1.82, 2.24) is 4.31 Å². The van der Waals surface area contributed by atoms with Crippen LogP contribution in [-0.2, 0) is 16.4 Å². The Bertz CT molecular complexity index is 515. The van der Waals surface area contributed by atoms with E-state index in [0.29, 0.717) is 17.9 Å². The summed E-state index contributed by atoms with van der Waals surface area (Å²) in [6.07, 6.45) is 1.45. The fraction of sp³-hybridized carbons (Fsp3) is 0.600. The summed E-state index contributed by atoms with van der Waals surface area (Å²) in [5.41, 5.74) is 0.958. The van der Waals surface area contributed by atoms with Gasteiger partial charge in [-0.15, -0.1) is 0 Å². The first-order valence-electron chi connectivity index (χ1n) is 6.83. The zero-order chi connectivity index (χ0) is 15.4. The number of aliphatic hydroxyl groups excluding tert-OH is 1. The number of sulfonamides is 1. The monoisotopic (exact) mass is 299 g/mol. The first kappa shape index (κ1) is 17.1. The molecule has 0 aliphatic carbocycles. The Hall–Kier alpha value is -0.910. The molecule has 0 heterocycles. The van der Waals surface area contributed by atoms with E-state index in [4.69, 9.17) is 5.11 Å². The molecule has 0 spiro atoms. The van der Waals surface area contributed by atoms with Crippen LogP contribution in [-0.4, -0.2) is 38.0 Å². The van der Waals surface area contributed by atoms with Crippen molar-refractivity contribution in [1.29, 1.82) is 0 Å². The number of hydrogen-bond donors (Lipinski definition) is 1. The summed E-state index contributed by atoms with van der Waals surface area (Å²) in [4.78, 5) is 0.317. The minimum atomic E-state index is -3.43. The average molecular weight is 299 g/mol. The van der Waals surface area contributed by atoms with Gasteiger partial charge in [-0.2, -0.15) is 0 Å². The molecule has 0 saturated carbocycles. The molecule has 0 aliphatic heterocycles. The molecule has 0 bridgehead atoms. The fourth-order valence-electron chi connectivity index (χ4n) is 2.04. The van der Waals surface area contributed by atoms with Crippen molar-refractivity contribution in [2.45, 2.75) is 38.5 Å². The zero-order valence-corrected chi connectivity index (χ0v) is 13.6. The van der Waals surface area contributed by atoms with Crippen LogP contribution in [0.5, 0.6) is 0 Å². The Labute approximate surface area is 122 Å². The second-order valence-electron chi connectivity index (χ2n) is 6.29. The van der Waals surface area contributed by atoms with Crippen LogP contribution in [0.15, 0.2) is 29.2 Å². The van der Waals surface area contributed by atoms with Gasteiger partial charge in [0.2, 0.25) is 10.0 Å². The molecule has 1 N–H and O–H groups in total. The molecule has 114 valence electrons. The molecule has 4 nitrogen and oxygen atoms in total. The summed E-state index contributed by atoms with van der Waals surface area (Å²) < 4.78 is 26.2. The summed E-state index contributed by atoms with van der Waals surface area (Å²) in [5, 5.41) is 8.79. The normalized spacial score (nSPS) is 12.9. The molecule has 0 aliphatic rings. The van der Waals surface area contributed by atoms with Crippen molar-refractivity contribution in [2.24, 2.45) is 5.41 Å². The molecule has 1 aromatic carbocycles. The Morgan fingerprint density at radius 2 is 1.70 bits per heavy atom. The van der Waals surface area contributed by atoms with Crippen molar-refractivity contribution in [3.8, 4) is 0 Å². The quantitative estimate of drug-likeness (QED) is 0.876. The molecule has 1 rings (SSSR count). The average Bonchev–Trinajstić information content (AvgIpc) is 2.34. The molecule has 0 radical (unpaired) electrons. The van der Waals surface area contributed by atoms with Crippen molar-refractivity contribution in [3.63, 3.8) is 0 Å². The lowest BCUT2D eigenvalue weighted by Gasteiger charge is -2.26.